The normalized spacial score (nSPS) is 13.0. The summed E-state index contributed by atoms with van der Waals surface area (Å²) in [6.45, 7) is 6.43. The van der Waals surface area contributed by atoms with Gasteiger partial charge in [-0.05, 0) is 13.2 Å². The van der Waals surface area contributed by atoms with Crippen molar-refractivity contribution in [2.75, 3.05) is 11.6 Å². The van der Waals surface area contributed by atoms with Crippen LogP contribution in [0.4, 0.5) is 5.82 Å². The van der Waals surface area contributed by atoms with E-state index in [1.807, 2.05) is 6.26 Å². The fraction of sp³-hybridized carbons (Fsp3) is 0.429. The van der Waals surface area contributed by atoms with Crippen molar-refractivity contribution in [2.24, 2.45) is 0 Å². The average molecular weight is 352 g/mol. The van der Waals surface area contributed by atoms with Crippen LogP contribution in [0.2, 0.25) is 0 Å². The fourth-order valence-corrected chi connectivity index (χ4v) is 4.36. The molecule has 0 saturated carbocycles. The van der Waals surface area contributed by atoms with Crippen molar-refractivity contribution in [2.45, 2.75) is 37.1 Å². The Morgan fingerprint density at radius 3 is 2.68 bits per heavy atom. The molecule has 8 heteroatoms. The van der Waals surface area contributed by atoms with Gasteiger partial charge < -0.3 is 5.32 Å². The van der Waals surface area contributed by atoms with Gasteiger partial charge in [-0.2, -0.15) is 0 Å². The smallest absolute Gasteiger partial charge is 0.176 e. The number of aromatic nitrogens is 4. The first-order valence-electron chi connectivity index (χ1n) is 6.96. The molecule has 0 amide bonds. The second kappa shape index (κ2) is 6.47. The van der Waals surface area contributed by atoms with Crippen LogP contribution in [0.15, 0.2) is 16.0 Å². The Balaban J connectivity index is 1.86. The summed E-state index contributed by atoms with van der Waals surface area (Å²) in [5.74, 6) is 1.29. The van der Waals surface area contributed by atoms with E-state index < -0.39 is 0 Å². The van der Waals surface area contributed by atoms with E-state index in [2.05, 4.69) is 46.4 Å². The minimum Gasteiger partial charge on any atom is -0.361 e. The molecule has 0 fully saturated rings. The second-order valence-corrected chi connectivity index (χ2v) is 8.13. The zero-order valence-electron chi connectivity index (χ0n) is 12.8. The summed E-state index contributed by atoms with van der Waals surface area (Å²) in [5.41, 5.74) is 1.80. The van der Waals surface area contributed by atoms with Crippen LogP contribution in [-0.2, 0) is 0 Å². The molecule has 5 nitrogen and oxygen atoms in total. The van der Waals surface area contributed by atoms with E-state index in [-0.39, 0.29) is 6.04 Å². The van der Waals surface area contributed by atoms with Crippen LogP contribution in [0.5, 0.6) is 0 Å². The van der Waals surface area contributed by atoms with Gasteiger partial charge >= 0.3 is 0 Å². The minimum atomic E-state index is 0.0988. The largest absolute Gasteiger partial charge is 0.361 e. The summed E-state index contributed by atoms with van der Waals surface area (Å²) in [5, 5.41) is 6.73. The second-order valence-electron chi connectivity index (χ2n) is 5.19. The highest BCUT2D eigenvalue weighted by atomic mass is 32.2. The van der Waals surface area contributed by atoms with Crippen LogP contribution in [0.1, 0.15) is 43.4 Å². The van der Waals surface area contributed by atoms with E-state index in [1.54, 1.807) is 40.8 Å². The van der Waals surface area contributed by atoms with E-state index in [9.17, 15) is 0 Å². The van der Waals surface area contributed by atoms with Gasteiger partial charge in [0, 0.05) is 11.3 Å². The Labute approximate surface area is 141 Å². The monoisotopic (exact) mass is 351 g/mol. The van der Waals surface area contributed by atoms with E-state index in [0.717, 1.165) is 26.2 Å². The molecule has 0 radical (unpaired) electrons. The van der Waals surface area contributed by atoms with Gasteiger partial charge in [-0.25, -0.2) is 19.9 Å². The molecular weight excluding hydrogens is 334 g/mol. The molecule has 1 N–H and O–H groups in total. The summed E-state index contributed by atoms with van der Waals surface area (Å²) >= 11 is 4.95. The summed E-state index contributed by atoms with van der Waals surface area (Å²) in [6, 6.07) is 0.0988. The average Bonchev–Trinajstić information content (AvgIpc) is 3.14. The van der Waals surface area contributed by atoms with Crippen LogP contribution in [0.25, 0.3) is 10.3 Å². The third-order valence-corrected chi connectivity index (χ3v) is 6.38. The molecule has 0 saturated heterocycles. The number of hydrogen-bond acceptors (Lipinski definition) is 8. The number of rotatable bonds is 5. The predicted molar refractivity (Wildman–Crippen MR) is 95.2 cm³/mol. The van der Waals surface area contributed by atoms with Gasteiger partial charge in [-0.3, -0.25) is 0 Å². The van der Waals surface area contributed by atoms with Crippen LogP contribution in [0.3, 0.4) is 0 Å². The number of nitrogens with one attached hydrogen (secondary N) is 1. The molecule has 0 aliphatic rings. The summed E-state index contributed by atoms with van der Waals surface area (Å²) in [6.07, 6.45) is 3.57. The molecule has 0 aromatic carbocycles. The van der Waals surface area contributed by atoms with Gasteiger partial charge in [0.25, 0.3) is 0 Å². The molecule has 3 aromatic rings. The lowest BCUT2D eigenvalue weighted by atomic mass is 10.2. The third kappa shape index (κ3) is 3.09. The first-order valence-corrected chi connectivity index (χ1v) is 9.88. The summed E-state index contributed by atoms with van der Waals surface area (Å²) in [4.78, 5) is 17.8. The lowest BCUT2D eigenvalue weighted by molar-refractivity contribution is 0.799. The van der Waals surface area contributed by atoms with Crippen molar-refractivity contribution in [1.82, 2.24) is 19.9 Å². The SMILES string of the molecule is CSc1nc2ncnc(NC(C)c3csc(C(C)C)n3)c2s1. The fourth-order valence-electron chi connectivity index (χ4n) is 1.97. The van der Waals surface area contributed by atoms with Crippen molar-refractivity contribution in [3.8, 4) is 0 Å². The number of thiazole rings is 2. The Morgan fingerprint density at radius 1 is 1.18 bits per heavy atom. The van der Waals surface area contributed by atoms with Gasteiger partial charge in [-0.15, -0.1) is 22.7 Å². The third-order valence-electron chi connectivity index (χ3n) is 3.18. The first-order chi connectivity index (χ1) is 10.6. The van der Waals surface area contributed by atoms with E-state index >= 15 is 0 Å². The molecule has 1 unspecified atom stereocenters. The molecule has 22 heavy (non-hydrogen) atoms. The zero-order valence-corrected chi connectivity index (χ0v) is 15.3. The van der Waals surface area contributed by atoms with Crippen LogP contribution in [0, 0.1) is 0 Å². The lowest BCUT2D eigenvalue weighted by Gasteiger charge is -2.12. The van der Waals surface area contributed by atoms with Crippen molar-refractivity contribution < 1.29 is 0 Å². The van der Waals surface area contributed by atoms with Crippen molar-refractivity contribution >= 4 is 50.6 Å². The lowest BCUT2D eigenvalue weighted by Crippen LogP contribution is -2.09. The van der Waals surface area contributed by atoms with Gasteiger partial charge in [0.15, 0.2) is 9.99 Å². The Hall–Kier alpha value is -1.25. The van der Waals surface area contributed by atoms with Gasteiger partial charge in [0.1, 0.15) is 16.8 Å². The predicted octanol–water partition coefficient (Wildman–Crippen LogP) is 4.56. The molecule has 0 bridgehead atoms. The number of thioether (sulfide) groups is 1. The van der Waals surface area contributed by atoms with Crippen molar-refractivity contribution in [3.63, 3.8) is 0 Å². The number of anilines is 1. The highest BCUT2D eigenvalue weighted by Gasteiger charge is 2.15. The number of hydrogen-bond donors (Lipinski definition) is 1. The molecule has 0 aliphatic heterocycles. The Bertz CT molecular complexity index is 780. The maximum Gasteiger partial charge on any atom is 0.176 e. The molecule has 3 rings (SSSR count). The van der Waals surface area contributed by atoms with Crippen molar-refractivity contribution in [1.29, 1.82) is 0 Å². The van der Waals surface area contributed by atoms with Gasteiger partial charge in [-0.1, -0.05) is 25.6 Å². The standard InChI is InChI=1S/C14H17N5S3/c1-7(2)13-18-9(5-21-13)8(3)17-11-10-12(16-6-15-11)19-14(20-4)22-10/h5-8H,1-4H3,(H,15,16,17). The molecular formula is C14H17N5S3. The maximum atomic E-state index is 4.70. The molecule has 1 atom stereocenters. The summed E-state index contributed by atoms with van der Waals surface area (Å²) in [7, 11) is 0. The van der Waals surface area contributed by atoms with Crippen LogP contribution in [-0.4, -0.2) is 26.2 Å². The molecule has 3 heterocycles. The zero-order chi connectivity index (χ0) is 15.7. The minimum absolute atomic E-state index is 0.0988. The van der Waals surface area contributed by atoms with Crippen LogP contribution >= 0.6 is 34.4 Å². The Morgan fingerprint density at radius 2 is 2.00 bits per heavy atom. The van der Waals surface area contributed by atoms with Crippen LogP contribution < -0.4 is 5.32 Å². The van der Waals surface area contributed by atoms with Gasteiger partial charge in [0.2, 0.25) is 0 Å². The topological polar surface area (TPSA) is 63.6 Å². The number of fused-ring (bicyclic) bond motifs is 1. The van der Waals surface area contributed by atoms with Gasteiger partial charge in [0.05, 0.1) is 16.7 Å². The Kier molecular flexibility index (Phi) is 4.60. The van der Waals surface area contributed by atoms with Crippen molar-refractivity contribution in [3.05, 3.63) is 22.4 Å². The highest BCUT2D eigenvalue weighted by Crippen LogP contribution is 2.32. The van der Waals surface area contributed by atoms with E-state index in [0.29, 0.717) is 5.92 Å². The summed E-state index contributed by atoms with van der Waals surface area (Å²) < 4.78 is 2.00. The maximum absolute atomic E-state index is 4.70. The molecule has 0 aliphatic carbocycles. The molecule has 3 aromatic heterocycles. The highest BCUT2D eigenvalue weighted by molar-refractivity contribution is 8.00. The first kappa shape index (κ1) is 15.6. The molecule has 116 valence electrons. The molecule has 0 spiro atoms. The van der Waals surface area contributed by atoms with E-state index in [1.165, 1.54) is 5.01 Å². The quantitative estimate of drug-likeness (QED) is 0.680. The number of nitrogens with zero attached hydrogens (tertiary/aromatic N) is 4. The van der Waals surface area contributed by atoms with E-state index in [4.69, 9.17) is 4.98 Å².